The molecule has 1 atom stereocenters. The van der Waals surface area contributed by atoms with Crippen LogP contribution in [-0.2, 0) is 9.53 Å². The lowest BCUT2D eigenvalue weighted by molar-refractivity contribution is -0.127. The molecule has 0 saturated carbocycles. The molecule has 168 valence electrons. The number of hydrogen-bond acceptors (Lipinski definition) is 5. The number of rotatable bonds is 6. The highest BCUT2D eigenvalue weighted by Crippen LogP contribution is 2.31. The second-order valence-electron chi connectivity index (χ2n) is 9.05. The molecule has 7 heteroatoms. The van der Waals surface area contributed by atoms with Crippen LogP contribution < -0.4 is 14.8 Å². The molecule has 7 nitrogen and oxygen atoms in total. The van der Waals surface area contributed by atoms with Gasteiger partial charge in [-0.2, -0.15) is 0 Å². The Labute approximate surface area is 180 Å². The number of nitrogens with zero attached hydrogens (tertiary/aromatic N) is 1. The Morgan fingerprint density at radius 2 is 1.73 bits per heavy atom. The molecule has 0 bridgehead atoms. The van der Waals surface area contributed by atoms with E-state index < -0.39 is 5.60 Å². The standard InChI is InChI=1S/C23H36N2O5/c1-15(2)29-19-9-8-18(14-20(19)28-7)16(3)24-21(26)17-10-12-25(13-11-17)22(27)30-23(4,5)6/h8-9,14-17H,10-13H2,1-7H3,(H,24,26). The maximum absolute atomic E-state index is 12.8. The Bertz CT molecular complexity index is 734. The van der Waals surface area contributed by atoms with Crippen molar-refractivity contribution in [1.82, 2.24) is 10.2 Å². The second kappa shape index (κ2) is 10.0. The van der Waals surface area contributed by atoms with E-state index in [4.69, 9.17) is 14.2 Å². The molecule has 0 aromatic heterocycles. The summed E-state index contributed by atoms with van der Waals surface area (Å²) in [6.07, 6.45) is 0.990. The molecule has 2 amide bonds. The van der Waals surface area contributed by atoms with Crippen LogP contribution in [-0.4, -0.2) is 48.8 Å². The highest BCUT2D eigenvalue weighted by atomic mass is 16.6. The summed E-state index contributed by atoms with van der Waals surface area (Å²) >= 11 is 0. The molecule has 1 heterocycles. The third-order valence-electron chi connectivity index (χ3n) is 4.93. The average molecular weight is 421 g/mol. The fraction of sp³-hybridized carbons (Fsp3) is 0.652. The molecule has 0 radical (unpaired) electrons. The van der Waals surface area contributed by atoms with Gasteiger partial charge in [0.25, 0.3) is 0 Å². The average Bonchev–Trinajstić information content (AvgIpc) is 2.66. The van der Waals surface area contributed by atoms with Crippen molar-refractivity contribution in [3.63, 3.8) is 0 Å². The van der Waals surface area contributed by atoms with Crippen LogP contribution in [0.1, 0.15) is 66.0 Å². The minimum atomic E-state index is -0.516. The fourth-order valence-electron chi connectivity index (χ4n) is 3.37. The Balaban J connectivity index is 1.91. The zero-order valence-electron chi connectivity index (χ0n) is 19.3. The number of amides is 2. The lowest BCUT2D eigenvalue weighted by atomic mass is 9.95. The van der Waals surface area contributed by atoms with Gasteiger partial charge in [-0.3, -0.25) is 4.79 Å². The van der Waals surface area contributed by atoms with Crippen LogP contribution >= 0.6 is 0 Å². The van der Waals surface area contributed by atoms with Crippen LogP contribution in [0, 0.1) is 5.92 Å². The van der Waals surface area contributed by atoms with E-state index in [1.54, 1.807) is 12.0 Å². The molecular weight excluding hydrogens is 384 g/mol. The maximum Gasteiger partial charge on any atom is 0.410 e. The van der Waals surface area contributed by atoms with E-state index in [0.29, 0.717) is 37.4 Å². The van der Waals surface area contributed by atoms with Crippen molar-refractivity contribution < 1.29 is 23.8 Å². The van der Waals surface area contributed by atoms with Gasteiger partial charge in [-0.1, -0.05) is 6.07 Å². The van der Waals surface area contributed by atoms with Crippen LogP contribution in [0.5, 0.6) is 11.5 Å². The molecule has 0 aliphatic carbocycles. The lowest BCUT2D eigenvalue weighted by Gasteiger charge is -2.33. The Morgan fingerprint density at radius 1 is 1.10 bits per heavy atom. The second-order valence-corrected chi connectivity index (χ2v) is 9.05. The zero-order chi connectivity index (χ0) is 22.5. The summed E-state index contributed by atoms with van der Waals surface area (Å²) in [5.74, 6) is 1.22. The molecule has 1 unspecified atom stereocenters. The van der Waals surface area contributed by atoms with Crippen molar-refractivity contribution >= 4 is 12.0 Å². The van der Waals surface area contributed by atoms with Gasteiger partial charge in [0.15, 0.2) is 11.5 Å². The van der Waals surface area contributed by atoms with Crippen molar-refractivity contribution in [2.45, 2.75) is 72.1 Å². The first-order valence-corrected chi connectivity index (χ1v) is 10.6. The molecule has 1 saturated heterocycles. The van der Waals surface area contributed by atoms with E-state index in [2.05, 4.69) is 5.32 Å². The van der Waals surface area contributed by atoms with Crippen molar-refractivity contribution in [2.75, 3.05) is 20.2 Å². The topological polar surface area (TPSA) is 77.1 Å². The summed E-state index contributed by atoms with van der Waals surface area (Å²) in [7, 11) is 1.61. The predicted molar refractivity (Wildman–Crippen MR) is 116 cm³/mol. The molecule has 1 N–H and O–H groups in total. The largest absolute Gasteiger partial charge is 0.493 e. The number of carbonyl (C=O) groups excluding carboxylic acids is 2. The van der Waals surface area contributed by atoms with Gasteiger partial charge < -0.3 is 24.4 Å². The number of likely N-dealkylation sites (tertiary alicyclic amines) is 1. The summed E-state index contributed by atoms with van der Waals surface area (Å²) in [4.78, 5) is 26.6. The van der Waals surface area contributed by atoms with E-state index >= 15 is 0 Å². The summed E-state index contributed by atoms with van der Waals surface area (Å²) in [5.41, 5.74) is 0.430. The van der Waals surface area contributed by atoms with Crippen LogP contribution in [0.25, 0.3) is 0 Å². The smallest absolute Gasteiger partial charge is 0.410 e. The number of nitrogens with one attached hydrogen (secondary N) is 1. The quantitative estimate of drug-likeness (QED) is 0.742. The minimum Gasteiger partial charge on any atom is -0.493 e. The van der Waals surface area contributed by atoms with Gasteiger partial charge in [-0.15, -0.1) is 0 Å². The van der Waals surface area contributed by atoms with Gasteiger partial charge in [0.05, 0.1) is 19.3 Å². The fourth-order valence-corrected chi connectivity index (χ4v) is 3.37. The van der Waals surface area contributed by atoms with Gasteiger partial charge in [0.1, 0.15) is 5.60 Å². The molecule has 1 aliphatic rings. The first-order chi connectivity index (χ1) is 14.0. The minimum absolute atomic E-state index is 0.00723. The summed E-state index contributed by atoms with van der Waals surface area (Å²) in [6.45, 7) is 12.5. The van der Waals surface area contributed by atoms with Crippen LogP contribution in [0.3, 0.4) is 0 Å². The summed E-state index contributed by atoms with van der Waals surface area (Å²) in [6, 6.07) is 5.55. The zero-order valence-corrected chi connectivity index (χ0v) is 19.3. The first kappa shape index (κ1) is 23.8. The summed E-state index contributed by atoms with van der Waals surface area (Å²) in [5, 5.41) is 3.09. The van der Waals surface area contributed by atoms with Crippen molar-refractivity contribution in [2.24, 2.45) is 5.92 Å². The maximum atomic E-state index is 12.8. The van der Waals surface area contributed by atoms with Gasteiger partial charge in [-0.25, -0.2) is 4.79 Å². The highest BCUT2D eigenvalue weighted by molar-refractivity contribution is 5.79. The molecular formula is C23H36N2O5. The molecule has 0 spiro atoms. The summed E-state index contributed by atoms with van der Waals surface area (Å²) < 4.78 is 16.6. The van der Waals surface area contributed by atoms with Gasteiger partial charge >= 0.3 is 6.09 Å². The van der Waals surface area contributed by atoms with Crippen molar-refractivity contribution in [3.05, 3.63) is 23.8 Å². The molecule has 1 aliphatic heterocycles. The first-order valence-electron chi connectivity index (χ1n) is 10.6. The molecule has 1 fully saturated rings. The van der Waals surface area contributed by atoms with Crippen LogP contribution in [0.2, 0.25) is 0 Å². The molecule has 2 rings (SSSR count). The number of piperidine rings is 1. The third kappa shape index (κ3) is 6.82. The van der Waals surface area contributed by atoms with Crippen molar-refractivity contribution in [1.29, 1.82) is 0 Å². The number of methoxy groups -OCH3 is 1. The monoisotopic (exact) mass is 420 g/mol. The third-order valence-corrected chi connectivity index (χ3v) is 4.93. The van der Waals surface area contributed by atoms with E-state index in [0.717, 1.165) is 5.56 Å². The SMILES string of the molecule is COc1cc(C(C)NC(=O)C2CCN(C(=O)OC(C)(C)C)CC2)ccc1OC(C)C. The number of hydrogen-bond donors (Lipinski definition) is 1. The van der Waals surface area contributed by atoms with E-state index in [9.17, 15) is 9.59 Å². The molecule has 1 aromatic carbocycles. The Kier molecular flexibility index (Phi) is 7.98. The van der Waals surface area contributed by atoms with E-state index in [-0.39, 0.29) is 30.1 Å². The van der Waals surface area contributed by atoms with Crippen molar-refractivity contribution in [3.8, 4) is 11.5 Å². The molecule has 1 aromatic rings. The van der Waals surface area contributed by atoms with Gasteiger partial charge in [-0.05, 0) is 72.1 Å². The van der Waals surface area contributed by atoms with E-state index in [1.807, 2.05) is 59.7 Å². The van der Waals surface area contributed by atoms with Crippen LogP contribution in [0.4, 0.5) is 4.79 Å². The molecule has 30 heavy (non-hydrogen) atoms. The van der Waals surface area contributed by atoms with Gasteiger partial charge in [0.2, 0.25) is 5.91 Å². The Morgan fingerprint density at radius 3 is 2.27 bits per heavy atom. The highest BCUT2D eigenvalue weighted by Gasteiger charge is 2.30. The number of carbonyl (C=O) groups is 2. The Hall–Kier alpha value is -2.44. The number of ether oxygens (including phenoxy) is 3. The number of benzene rings is 1. The predicted octanol–water partition coefficient (Wildman–Crippen LogP) is 4.31. The van der Waals surface area contributed by atoms with Gasteiger partial charge in [0, 0.05) is 19.0 Å². The lowest BCUT2D eigenvalue weighted by Crippen LogP contribution is -2.45. The van der Waals surface area contributed by atoms with E-state index in [1.165, 1.54) is 0 Å². The normalized spacial score (nSPS) is 16.2. The van der Waals surface area contributed by atoms with Crippen LogP contribution in [0.15, 0.2) is 18.2 Å².